The van der Waals surface area contributed by atoms with E-state index in [4.69, 9.17) is 5.73 Å². The molecule has 0 spiro atoms. The summed E-state index contributed by atoms with van der Waals surface area (Å²) < 4.78 is 38.4. The number of nitrogens with zero attached hydrogens (tertiary/aromatic N) is 4. The third kappa shape index (κ3) is 4.52. The van der Waals surface area contributed by atoms with E-state index in [-0.39, 0.29) is 13.1 Å². The van der Waals surface area contributed by atoms with Crippen molar-refractivity contribution in [2.45, 2.75) is 50.2 Å². The van der Waals surface area contributed by atoms with Crippen LogP contribution in [0.15, 0.2) is 35.7 Å². The fourth-order valence-corrected chi connectivity index (χ4v) is 6.09. The standard InChI is InChI=1S/C23H32FN5O6S/c1-23(2,36(34,35)26(3)4)22(33)27(5)16-7-6-12-28-20(16)29(13-14-8-10-15(24)11-9-14)17(19(25)31)18(30)21(28)32/h8-11,16,20,30H,6-7,12-13H2,1-5H3,(H2,25,31). The largest absolute Gasteiger partial charge is 0.501 e. The van der Waals surface area contributed by atoms with E-state index in [0.717, 1.165) is 4.31 Å². The molecule has 36 heavy (non-hydrogen) atoms. The summed E-state index contributed by atoms with van der Waals surface area (Å²) in [4.78, 5) is 43.0. The molecule has 13 heteroatoms. The zero-order valence-electron chi connectivity index (χ0n) is 20.9. The second-order valence-electron chi connectivity index (χ2n) is 9.65. The number of nitrogens with two attached hydrogens (primary N) is 1. The Morgan fingerprint density at radius 2 is 1.78 bits per heavy atom. The number of carbonyl (C=O) groups excluding carboxylic acids is 3. The van der Waals surface area contributed by atoms with Crippen molar-refractivity contribution in [3.8, 4) is 0 Å². The fraction of sp³-hybridized carbons (Fsp3) is 0.522. The molecule has 3 N–H and O–H groups in total. The first kappa shape index (κ1) is 27.4. The summed E-state index contributed by atoms with van der Waals surface area (Å²) in [6.07, 6.45) is -0.0716. The highest BCUT2D eigenvalue weighted by atomic mass is 32.2. The lowest BCUT2D eigenvalue weighted by Gasteiger charge is -2.53. The SMILES string of the molecule is CN(C(=O)C(C)(C)S(=O)(=O)N(C)C)C1CCCN2C(=O)C(O)=C(C(N)=O)N(Cc3ccc(F)cc3)C12. The van der Waals surface area contributed by atoms with Crippen LogP contribution >= 0.6 is 0 Å². The van der Waals surface area contributed by atoms with E-state index in [9.17, 15) is 32.3 Å². The topological polar surface area (TPSA) is 145 Å². The normalized spacial score (nSPS) is 21.0. The average molecular weight is 526 g/mol. The van der Waals surface area contributed by atoms with E-state index in [2.05, 4.69) is 0 Å². The van der Waals surface area contributed by atoms with E-state index in [0.29, 0.717) is 18.4 Å². The molecular formula is C23H32FN5O6S. The molecule has 3 amide bonds. The summed E-state index contributed by atoms with van der Waals surface area (Å²) in [5.41, 5.74) is 5.70. The van der Waals surface area contributed by atoms with Crippen molar-refractivity contribution >= 4 is 27.7 Å². The van der Waals surface area contributed by atoms with Gasteiger partial charge in [-0.15, -0.1) is 0 Å². The van der Waals surface area contributed by atoms with Gasteiger partial charge in [-0.1, -0.05) is 12.1 Å². The molecule has 198 valence electrons. The number of benzene rings is 1. The third-order valence-corrected chi connectivity index (χ3v) is 9.24. The van der Waals surface area contributed by atoms with Crippen LogP contribution in [0.5, 0.6) is 0 Å². The molecule has 2 unspecified atom stereocenters. The number of rotatable bonds is 7. The molecule has 2 heterocycles. The van der Waals surface area contributed by atoms with Gasteiger partial charge in [0, 0.05) is 34.2 Å². The van der Waals surface area contributed by atoms with Crippen molar-refractivity contribution in [2.75, 3.05) is 27.7 Å². The molecule has 11 nitrogen and oxygen atoms in total. The Morgan fingerprint density at radius 1 is 1.19 bits per heavy atom. The van der Waals surface area contributed by atoms with Crippen molar-refractivity contribution in [1.82, 2.24) is 19.0 Å². The molecular weight excluding hydrogens is 493 g/mol. The molecule has 3 rings (SSSR count). The third-order valence-electron chi connectivity index (χ3n) is 6.81. The van der Waals surface area contributed by atoms with Crippen molar-refractivity contribution in [1.29, 1.82) is 0 Å². The van der Waals surface area contributed by atoms with Crippen LogP contribution in [0.25, 0.3) is 0 Å². The molecule has 0 bridgehead atoms. The smallest absolute Gasteiger partial charge is 0.292 e. The van der Waals surface area contributed by atoms with Crippen molar-refractivity contribution < 1.29 is 32.3 Å². The van der Waals surface area contributed by atoms with Crippen LogP contribution in [0.3, 0.4) is 0 Å². The summed E-state index contributed by atoms with van der Waals surface area (Å²) in [5, 5.41) is 10.6. The Bertz CT molecular complexity index is 1200. The molecule has 1 aromatic rings. The second kappa shape index (κ2) is 9.69. The van der Waals surface area contributed by atoms with Gasteiger partial charge in [-0.05, 0) is 44.4 Å². The maximum absolute atomic E-state index is 13.6. The first-order valence-electron chi connectivity index (χ1n) is 11.4. The zero-order valence-corrected chi connectivity index (χ0v) is 21.7. The minimum Gasteiger partial charge on any atom is -0.501 e. The zero-order chi connectivity index (χ0) is 27.2. The van der Waals surface area contributed by atoms with Gasteiger partial charge >= 0.3 is 0 Å². The van der Waals surface area contributed by atoms with Gasteiger partial charge in [0.25, 0.3) is 11.8 Å². The van der Waals surface area contributed by atoms with Gasteiger partial charge in [0.2, 0.25) is 21.7 Å². The first-order valence-corrected chi connectivity index (χ1v) is 12.8. The summed E-state index contributed by atoms with van der Waals surface area (Å²) in [5.74, 6) is -3.83. The van der Waals surface area contributed by atoms with Crippen LogP contribution in [0.4, 0.5) is 4.39 Å². The Hall–Kier alpha value is -3.19. The maximum atomic E-state index is 13.6. The fourth-order valence-electron chi connectivity index (χ4n) is 4.82. The number of aliphatic hydroxyl groups is 1. The Balaban J connectivity index is 2.09. The van der Waals surface area contributed by atoms with Crippen LogP contribution in [0, 0.1) is 5.82 Å². The van der Waals surface area contributed by atoms with E-state index >= 15 is 0 Å². The number of sulfonamides is 1. The van der Waals surface area contributed by atoms with Crippen molar-refractivity contribution in [2.24, 2.45) is 5.73 Å². The molecule has 2 atom stereocenters. The summed E-state index contributed by atoms with van der Waals surface area (Å²) in [6.45, 7) is 2.82. The number of carbonyl (C=O) groups is 3. The van der Waals surface area contributed by atoms with Gasteiger partial charge in [0.05, 0.1) is 6.04 Å². The average Bonchev–Trinajstić information content (AvgIpc) is 2.81. The van der Waals surface area contributed by atoms with E-state index in [1.165, 1.54) is 74.0 Å². The molecule has 1 fully saturated rings. The highest BCUT2D eigenvalue weighted by molar-refractivity contribution is 7.91. The van der Waals surface area contributed by atoms with Gasteiger partial charge in [-0.3, -0.25) is 14.4 Å². The number of aliphatic hydroxyl groups excluding tert-OH is 1. The number of halogens is 1. The highest BCUT2D eigenvalue weighted by Gasteiger charge is 2.52. The maximum Gasteiger partial charge on any atom is 0.292 e. The lowest BCUT2D eigenvalue weighted by atomic mass is 9.94. The van der Waals surface area contributed by atoms with Gasteiger partial charge in [0.1, 0.15) is 12.0 Å². The Morgan fingerprint density at radius 3 is 2.31 bits per heavy atom. The summed E-state index contributed by atoms with van der Waals surface area (Å²) in [6, 6.07) is 4.71. The minimum absolute atomic E-state index is 0.0328. The Kier molecular flexibility index (Phi) is 7.38. The predicted octanol–water partition coefficient (Wildman–Crippen LogP) is 0.342. The van der Waals surface area contributed by atoms with E-state index in [1.807, 2.05) is 0 Å². The van der Waals surface area contributed by atoms with Crippen LogP contribution in [0.1, 0.15) is 32.3 Å². The molecule has 0 saturated carbocycles. The minimum atomic E-state index is -4.01. The van der Waals surface area contributed by atoms with Crippen LogP contribution in [-0.2, 0) is 31.0 Å². The highest BCUT2D eigenvalue weighted by Crippen LogP contribution is 2.35. The number of fused-ring (bicyclic) bond motifs is 1. The molecule has 0 aromatic heterocycles. The summed E-state index contributed by atoms with van der Waals surface area (Å²) in [7, 11) is 0.115. The number of hydrogen-bond acceptors (Lipinski definition) is 7. The van der Waals surface area contributed by atoms with Crippen LogP contribution < -0.4 is 5.73 Å². The molecule has 2 aliphatic heterocycles. The van der Waals surface area contributed by atoms with Crippen molar-refractivity contribution in [3.63, 3.8) is 0 Å². The monoisotopic (exact) mass is 525 g/mol. The second-order valence-corrected chi connectivity index (χ2v) is 12.4. The number of primary amides is 1. The number of piperidine rings is 1. The predicted molar refractivity (Wildman–Crippen MR) is 129 cm³/mol. The van der Waals surface area contributed by atoms with Crippen LogP contribution in [0.2, 0.25) is 0 Å². The number of amides is 3. The molecule has 0 radical (unpaired) electrons. The lowest BCUT2D eigenvalue weighted by Crippen LogP contribution is -2.68. The summed E-state index contributed by atoms with van der Waals surface area (Å²) >= 11 is 0. The Labute approximate surface area is 210 Å². The van der Waals surface area contributed by atoms with E-state index in [1.54, 1.807) is 0 Å². The van der Waals surface area contributed by atoms with E-state index < -0.39 is 62.0 Å². The van der Waals surface area contributed by atoms with Gasteiger partial charge in [-0.25, -0.2) is 17.1 Å². The molecule has 0 aliphatic carbocycles. The van der Waals surface area contributed by atoms with Gasteiger partial charge in [0.15, 0.2) is 10.4 Å². The van der Waals surface area contributed by atoms with Crippen LogP contribution in [-0.4, -0.2) is 94.9 Å². The number of likely N-dealkylation sites (N-methyl/N-ethyl adjacent to an activating group) is 1. The van der Waals surface area contributed by atoms with Crippen molar-refractivity contribution in [3.05, 3.63) is 47.1 Å². The first-order chi connectivity index (χ1) is 16.6. The quantitative estimate of drug-likeness (QED) is 0.522. The molecule has 1 aromatic carbocycles. The molecule has 1 saturated heterocycles. The molecule has 2 aliphatic rings. The number of hydrogen-bond donors (Lipinski definition) is 2. The lowest BCUT2D eigenvalue weighted by molar-refractivity contribution is -0.154. The van der Waals surface area contributed by atoms with Gasteiger partial charge < -0.3 is 25.5 Å². The van der Waals surface area contributed by atoms with Gasteiger partial charge in [-0.2, -0.15) is 0 Å².